The molecule has 4 aromatic rings. The molecule has 0 spiro atoms. The van der Waals surface area contributed by atoms with Gasteiger partial charge < -0.3 is 4.90 Å². The molecule has 7 heteroatoms. The SMILES string of the molecule is CN(C(=O)c1ccccn1)[C@@H](Cc1ccccc1)C1CCN(Cc2cnn(-c3ccc(F)cc3)c2)CC1. The molecule has 1 aliphatic rings. The maximum absolute atomic E-state index is 13.3. The van der Waals surface area contributed by atoms with Crippen molar-refractivity contribution < 1.29 is 9.18 Å². The number of hydrogen-bond donors (Lipinski definition) is 0. The molecule has 1 amide bonds. The van der Waals surface area contributed by atoms with Crippen molar-refractivity contribution in [3.63, 3.8) is 0 Å². The third-order valence-electron chi connectivity index (χ3n) is 7.30. The predicted molar refractivity (Wildman–Crippen MR) is 142 cm³/mol. The van der Waals surface area contributed by atoms with Crippen LogP contribution in [0, 0.1) is 11.7 Å². The van der Waals surface area contributed by atoms with Gasteiger partial charge in [0.1, 0.15) is 11.5 Å². The normalized spacial score (nSPS) is 15.4. The van der Waals surface area contributed by atoms with Crippen molar-refractivity contribution in [2.75, 3.05) is 20.1 Å². The van der Waals surface area contributed by atoms with Crippen LogP contribution in [0.2, 0.25) is 0 Å². The van der Waals surface area contributed by atoms with Gasteiger partial charge in [-0.15, -0.1) is 0 Å². The van der Waals surface area contributed by atoms with Gasteiger partial charge in [0, 0.05) is 37.6 Å². The fourth-order valence-electron chi connectivity index (χ4n) is 5.23. The standard InChI is InChI=1S/C30H32FN5O/c1-34(30(37)28-9-5-6-16-32-28)29(19-23-7-3-2-4-8-23)25-14-17-35(18-15-25)21-24-20-33-36(22-24)27-12-10-26(31)11-13-27/h2-13,16,20,22,25,29H,14-15,17-19,21H2,1H3/t29-/m0/s1. The highest BCUT2D eigenvalue weighted by atomic mass is 19.1. The van der Waals surface area contributed by atoms with E-state index in [-0.39, 0.29) is 17.8 Å². The largest absolute Gasteiger partial charge is 0.337 e. The number of carbonyl (C=O) groups is 1. The zero-order valence-corrected chi connectivity index (χ0v) is 21.1. The molecular formula is C30H32FN5O. The first-order valence-corrected chi connectivity index (χ1v) is 12.8. The van der Waals surface area contributed by atoms with E-state index < -0.39 is 0 Å². The van der Waals surface area contributed by atoms with E-state index in [2.05, 4.69) is 39.2 Å². The Morgan fingerprint density at radius 3 is 2.43 bits per heavy atom. The van der Waals surface area contributed by atoms with Crippen molar-refractivity contribution in [2.24, 2.45) is 5.92 Å². The lowest BCUT2D eigenvalue weighted by molar-refractivity contribution is 0.0579. The Morgan fingerprint density at radius 1 is 1.00 bits per heavy atom. The van der Waals surface area contributed by atoms with Crippen LogP contribution in [0.4, 0.5) is 4.39 Å². The van der Waals surface area contributed by atoms with Crippen molar-refractivity contribution in [3.05, 3.63) is 114 Å². The van der Waals surface area contributed by atoms with Crippen LogP contribution in [-0.2, 0) is 13.0 Å². The van der Waals surface area contributed by atoms with E-state index >= 15 is 0 Å². The third kappa shape index (κ3) is 6.12. The number of rotatable bonds is 8. The Balaban J connectivity index is 1.24. The monoisotopic (exact) mass is 497 g/mol. The molecule has 190 valence electrons. The summed E-state index contributed by atoms with van der Waals surface area (Å²) < 4.78 is 15.0. The summed E-state index contributed by atoms with van der Waals surface area (Å²) in [6.07, 6.45) is 8.42. The summed E-state index contributed by atoms with van der Waals surface area (Å²) in [5, 5.41) is 4.46. The molecule has 2 aromatic carbocycles. The third-order valence-corrected chi connectivity index (χ3v) is 7.30. The second kappa shape index (κ2) is 11.5. The lowest BCUT2D eigenvalue weighted by Gasteiger charge is -2.40. The summed E-state index contributed by atoms with van der Waals surface area (Å²) in [6, 6.07) is 22.3. The lowest BCUT2D eigenvalue weighted by Crippen LogP contribution is -2.47. The first-order chi connectivity index (χ1) is 18.1. The molecule has 6 nitrogen and oxygen atoms in total. The van der Waals surface area contributed by atoms with Gasteiger partial charge >= 0.3 is 0 Å². The first-order valence-electron chi connectivity index (χ1n) is 12.8. The van der Waals surface area contributed by atoms with Crippen LogP contribution < -0.4 is 0 Å². The Labute approximate surface area is 217 Å². The Morgan fingerprint density at radius 2 is 1.73 bits per heavy atom. The molecule has 2 aromatic heterocycles. The van der Waals surface area contributed by atoms with Crippen LogP contribution in [0.15, 0.2) is 91.4 Å². The minimum Gasteiger partial charge on any atom is -0.337 e. The summed E-state index contributed by atoms with van der Waals surface area (Å²) in [7, 11) is 1.92. The van der Waals surface area contributed by atoms with E-state index in [0.29, 0.717) is 11.6 Å². The molecule has 0 N–H and O–H groups in total. The van der Waals surface area contributed by atoms with Gasteiger partial charge in [0.25, 0.3) is 5.91 Å². The maximum Gasteiger partial charge on any atom is 0.272 e. The zero-order valence-electron chi connectivity index (χ0n) is 21.1. The summed E-state index contributed by atoms with van der Waals surface area (Å²) in [5.41, 5.74) is 3.70. The molecule has 1 atom stereocenters. The van der Waals surface area contributed by atoms with Crippen molar-refractivity contribution in [1.82, 2.24) is 24.6 Å². The molecule has 0 radical (unpaired) electrons. The Hall–Kier alpha value is -3.84. The van der Waals surface area contributed by atoms with E-state index in [4.69, 9.17) is 0 Å². The van der Waals surface area contributed by atoms with Gasteiger partial charge in [-0.3, -0.25) is 14.7 Å². The van der Waals surface area contributed by atoms with Crippen molar-refractivity contribution in [1.29, 1.82) is 0 Å². The molecule has 0 bridgehead atoms. The van der Waals surface area contributed by atoms with E-state index in [0.717, 1.165) is 50.1 Å². The average Bonchev–Trinajstić information content (AvgIpc) is 3.41. The molecule has 1 fully saturated rings. The van der Waals surface area contributed by atoms with E-state index in [1.165, 1.54) is 17.7 Å². The molecular weight excluding hydrogens is 465 g/mol. The zero-order chi connectivity index (χ0) is 25.6. The van der Waals surface area contributed by atoms with Gasteiger partial charge in [-0.25, -0.2) is 9.07 Å². The number of nitrogens with zero attached hydrogens (tertiary/aromatic N) is 5. The molecule has 37 heavy (non-hydrogen) atoms. The van der Waals surface area contributed by atoms with Gasteiger partial charge in [-0.05, 0) is 80.2 Å². The minimum absolute atomic E-state index is 0.0304. The lowest BCUT2D eigenvalue weighted by atomic mass is 9.84. The number of halogens is 1. The van der Waals surface area contributed by atoms with E-state index in [9.17, 15) is 9.18 Å². The fraction of sp³-hybridized carbons (Fsp3) is 0.300. The number of hydrogen-bond acceptors (Lipinski definition) is 4. The Kier molecular flexibility index (Phi) is 7.70. The van der Waals surface area contributed by atoms with Crippen LogP contribution in [0.25, 0.3) is 5.69 Å². The van der Waals surface area contributed by atoms with Gasteiger partial charge in [-0.1, -0.05) is 36.4 Å². The molecule has 1 aliphatic heterocycles. The van der Waals surface area contributed by atoms with E-state index in [1.54, 1.807) is 29.1 Å². The number of carbonyl (C=O) groups excluding carboxylic acids is 1. The summed E-state index contributed by atoms with van der Waals surface area (Å²) in [4.78, 5) is 21.9. The molecule has 3 heterocycles. The topological polar surface area (TPSA) is 54.3 Å². The molecule has 1 saturated heterocycles. The van der Waals surface area contributed by atoms with Gasteiger partial charge in [0.2, 0.25) is 0 Å². The Bertz CT molecular complexity index is 1280. The smallest absolute Gasteiger partial charge is 0.272 e. The van der Waals surface area contributed by atoms with Crippen LogP contribution in [0.3, 0.4) is 0 Å². The summed E-state index contributed by atoms with van der Waals surface area (Å²) in [6.45, 7) is 2.74. The predicted octanol–water partition coefficient (Wildman–Crippen LogP) is 5.00. The molecule has 0 saturated carbocycles. The highest BCUT2D eigenvalue weighted by molar-refractivity contribution is 5.92. The van der Waals surface area contributed by atoms with Crippen molar-refractivity contribution in [3.8, 4) is 5.69 Å². The number of piperidine rings is 1. The molecule has 0 aliphatic carbocycles. The quantitative estimate of drug-likeness (QED) is 0.344. The minimum atomic E-state index is -0.253. The van der Waals surface area contributed by atoms with Gasteiger partial charge in [0.15, 0.2) is 0 Å². The van der Waals surface area contributed by atoms with Gasteiger partial charge in [0.05, 0.1) is 11.9 Å². The van der Waals surface area contributed by atoms with Crippen LogP contribution in [-0.4, -0.2) is 56.7 Å². The highest BCUT2D eigenvalue weighted by Crippen LogP contribution is 2.28. The second-order valence-electron chi connectivity index (χ2n) is 9.77. The molecule has 0 unspecified atom stereocenters. The number of benzene rings is 2. The van der Waals surface area contributed by atoms with Crippen molar-refractivity contribution in [2.45, 2.75) is 31.8 Å². The average molecular weight is 498 g/mol. The summed E-state index contributed by atoms with van der Waals surface area (Å²) >= 11 is 0. The van der Waals surface area contributed by atoms with Crippen LogP contribution in [0.1, 0.15) is 34.5 Å². The first kappa shape index (κ1) is 24.8. The highest BCUT2D eigenvalue weighted by Gasteiger charge is 2.32. The second-order valence-corrected chi connectivity index (χ2v) is 9.77. The fourth-order valence-corrected chi connectivity index (χ4v) is 5.23. The van der Waals surface area contributed by atoms with Gasteiger partial charge in [-0.2, -0.15) is 5.10 Å². The molecule has 5 rings (SSSR count). The number of aromatic nitrogens is 3. The number of likely N-dealkylation sites (tertiary alicyclic amines) is 1. The summed E-state index contributed by atoms with van der Waals surface area (Å²) in [5.74, 6) is 0.116. The van der Waals surface area contributed by atoms with Crippen molar-refractivity contribution >= 4 is 5.91 Å². The van der Waals surface area contributed by atoms with Crippen LogP contribution >= 0.6 is 0 Å². The number of pyridine rings is 1. The van der Waals surface area contributed by atoms with E-state index in [1.807, 2.05) is 42.5 Å². The number of likely N-dealkylation sites (N-methyl/N-ethyl adjacent to an activating group) is 1. The maximum atomic E-state index is 13.3. The number of amides is 1. The van der Waals surface area contributed by atoms with Crippen LogP contribution in [0.5, 0.6) is 0 Å².